The van der Waals surface area contributed by atoms with Crippen LogP contribution in [0.15, 0.2) is 152 Å². The molecule has 0 fully saturated rings. The molecule has 0 spiro atoms. The molecule has 2 heterocycles. The number of phenolic OH excluding ortho intramolecular Hbond substituents is 1. The van der Waals surface area contributed by atoms with Gasteiger partial charge in [0.1, 0.15) is 84.9 Å². The van der Waals surface area contributed by atoms with Gasteiger partial charge in [0.15, 0.2) is 0 Å². The highest BCUT2D eigenvalue weighted by Gasteiger charge is 2.39. The summed E-state index contributed by atoms with van der Waals surface area (Å²) in [6, 6.07) is 18.7. The van der Waals surface area contributed by atoms with Crippen molar-refractivity contribution >= 4 is 131 Å². The smallest absolute Gasteiger partial charge is 0.305 e. The molecule has 23 N–H and O–H groups in total. The Labute approximate surface area is 742 Å². The number of imidazole rings is 1. The lowest BCUT2D eigenvalue weighted by Gasteiger charge is -2.29. The second kappa shape index (κ2) is 51.3. The van der Waals surface area contributed by atoms with E-state index in [1.54, 1.807) is 98.9 Å². The number of hydrogen-bond donors (Lipinski definition) is 23. The van der Waals surface area contributed by atoms with Gasteiger partial charge in [0.25, 0.3) is 0 Å². The summed E-state index contributed by atoms with van der Waals surface area (Å²) < 4.78 is 5.35. The van der Waals surface area contributed by atoms with Crippen LogP contribution in [0.25, 0.3) is 22.0 Å². The van der Waals surface area contributed by atoms with E-state index in [0.717, 1.165) is 18.1 Å². The van der Waals surface area contributed by atoms with E-state index in [1.807, 2.05) is 30.3 Å². The number of fused-ring (bicyclic) bond motifs is 1. The number of primary amides is 1. The van der Waals surface area contributed by atoms with E-state index in [4.69, 9.17) is 16.2 Å². The summed E-state index contributed by atoms with van der Waals surface area (Å²) in [6.45, 7) is 5.73. The van der Waals surface area contributed by atoms with Crippen LogP contribution in [-0.2, 0) is 114 Å². The number of carboxylic acids is 1. The van der Waals surface area contributed by atoms with Crippen molar-refractivity contribution < 1.29 is 96.8 Å². The number of nitrogens with two attached hydrogens (primary N) is 2. The zero-order valence-corrected chi connectivity index (χ0v) is 72.4. The van der Waals surface area contributed by atoms with Crippen LogP contribution in [-0.4, -0.2) is 248 Å². The fourth-order valence-electron chi connectivity index (χ4n) is 13.1. The van der Waals surface area contributed by atoms with Crippen molar-refractivity contribution in [2.45, 2.75) is 171 Å². The zero-order valence-electron chi connectivity index (χ0n) is 70.6. The maximum Gasteiger partial charge on any atom is 0.305 e. The van der Waals surface area contributed by atoms with E-state index in [2.05, 4.69) is 115 Å². The number of rotatable bonds is 52. The number of aromatic nitrogens is 3. The minimum atomic E-state index is -1.88. The number of aromatic amines is 2. The molecule has 0 bridgehead atoms. The van der Waals surface area contributed by atoms with Gasteiger partial charge in [0, 0.05) is 86.1 Å². The number of thiol groups is 2. The number of hydrogen-bond acceptors (Lipinski definition) is 23. The molecule has 0 radical (unpaired) electrons. The highest BCUT2D eigenvalue weighted by Crippen LogP contribution is 2.23. The Morgan fingerprint density at radius 1 is 0.472 bits per heavy atom. The first-order chi connectivity index (χ1) is 60.6. The van der Waals surface area contributed by atoms with Crippen LogP contribution in [0.2, 0.25) is 0 Å². The quantitative estimate of drug-likeness (QED) is 0.0143. The number of aliphatic carboxylic acids is 1. The minimum absolute atomic E-state index is 0.115. The van der Waals surface area contributed by atoms with Gasteiger partial charge >= 0.3 is 5.97 Å². The first kappa shape index (κ1) is 101. The minimum Gasteiger partial charge on any atom is -0.508 e. The zero-order chi connectivity index (χ0) is 92.8. The van der Waals surface area contributed by atoms with Crippen molar-refractivity contribution in [3.05, 3.63) is 180 Å². The maximum absolute atomic E-state index is 15.4. The molecule has 2 aromatic heterocycles. The molecule has 5 aromatic carbocycles. The number of H-pyrrole nitrogens is 2. The van der Waals surface area contributed by atoms with Crippen molar-refractivity contribution in [3.63, 3.8) is 0 Å². The lowest BCUT2D eigenvalue weighted by molar-refractivity contribution is -0.141. The molecule has 13 atom stereocenters. The molecule has 15 amide bonds. The first-order valence-electron chi connectivity index (χ1n) is 41.0. The number of amides is 15. The summed E-state index contributed by atoms with van der Waals surface area (Å²) >= 11 is 8.51. The van der Waals surface area contributed by atoms with Gasteiger partial charge in [-0.1, -0.05) is 129 Å². The van der Waals surface area contributed by atoms with Crippen molar-refractivity contribution in [2.24, 2.45) is 17.4 Å². The lowest BCUT2D eigenvalue weighted by atomic mass is 9.99. The van der Waals surface area contributed by atoms with E-state index in [0.29, 0.717) is 52.5 Å². The Bertz CT molecular complexity index is 4900. The number of nitrogens with zero attached hydrogens (tertiary/aromatic N) is 1. The van der Waals surface area contributed by atoms with Crippen LogP contribution in [0.1, 0.15) is 88.2 Å². The van der Waals surface area contributed by atoms with Gasteiger partial charge in [-0.25, -0.2) is 4.98 Å². The third-order valence-corrected chi connectivity index (χ3v) is 20.7. The first-order valence-corrected chi connectivity index (χ1v) is 42.2. The second-order valence-electron chi connectivity index (χ2n) is 30.4. The van der Waals surface area contributed by atoms with Gasteiger partial charge in [-0.15, -0.1) is 0 Å². The van der Waals surface area contributed by atoms with Crippen LogP contribution >= 0.6 is 25.3 Å². The number of phenols is 1. The van der Waals surface area contributed by atoms with E-state index >= 15 is 9.59 Å². The summed E-state index contributed by atoms with van der Waals surface area (Å²) in [7, 11) is 0. The molecule has 0 saturated carbocycles. The number of carbonyl (C=O) groups excluding carboxylic acids is 15. The monoisotopic (exact) mass is 1790 g/mol. The average molecular weight is 1800 g/mol. The molecule has 0 aliphatic carbocycles. The maximum atomic E-state index is 15.4. The molecule has 0 aliphatic heterocycles. The lowest BCUT2D eigenvalue weighted by Crippen LogP contribution is -2.62. The van der Waals surface area contributed by atoms with Crippen LogP contribution < -0.4 is 85.9 Å². The van der Waals surface area contributed by atoms with Gasteiger partial charge in [0.05, 0.1) is 32.0 Å². The van der Waals surface area contributed by atoms with Crippen molar-refractivity contribution in [1.29, 1.82) is 0 Å². The summed E-state index contributed by atoms with van der Waals surface area (Å²) in [6.07, 6.45) is 1.46. The highest BCUT2D eigenvalue weighted by atomic mass is 32.1. The second-order valence-corrected chi connectivity index (χ2v) is 31.2. The average Bonchev–Trinajstić information content (AvgIpc) is 1.69. The standard InChI is InChI=1S/C86H111N19O20S2/c1-47(2)73(104-81(119)65(37-56-40-91-60-21-13-12-20-59(56)60)100-80(118)67(39-72(111)112)97-76(114)48(3)94-83(121)68(44-126)95-50(5)107)85(123)103-69(45-127)84(122)99-64(36-53-25-29-58(108)30-26-53)78(116)98-63(35-52-23-27-55(28-24-52)54-18-10-7-11-19-54)79(117)101-66(38-57-41-89-46-93-57)82(120)105-74(49(4)106)86(124)102-62(34-51-16-8-6-9-17-51)77(115)92-42-70(109)90-32-33-125-43-71(110)96-61(75(88)113)22-14-15-31-87/h6-13,16-21,23-30,40-41,46-49,61-69,73-74,91,106,108,126-127H,14-15,22,31-39,42-45,87H2,1-5H3,(H2,88,113)(H,89,93)(H,90,109)(H,92,115)(H,94,121)(H,95,107)(H,96,110)(H,97,114)(H,98,116)(H,99,122)(H,100,118)(H,101,117)(H,102,124)(H,103,123)(H,104,119)(H,105,120)(H,111,112)/t48-,49+,61+,62-,63-,64-,65-,66-,67-,68-,69-,73-,74-/m0/s1. The van der Waals surface area contributed by atoms with Gasteiger partial charge in [0.2, 0.25) is 88.6 Å². The van der Waals surface area contributed by atoms with Gasteiger partial charge in [-0.3, -0.25) is 76.7 Å². The van der Waals surface area contributed by atoms with Gasteiger partial charge in [-0.2, -0.15) is 25.3 Å². The molecule has 7 rings (SSSR count). The number of aromatic hydroxyl groups is 1. The van der Waals surface area contributed by atoms with Crippen molar-refractivity contribution in [3.8, 4) is 16.9 Å². The molecular weight excluding hydrogens is 1680 g/mol. The molecule has 682 valence electrons. The molecule has 41 heteroatoms. The van der Waals surface area contributed by atoms with Crippen molar-refractivity contribution in [2.75, 3.05) is 44.4 Å². The summed E-state index contributed by atoms with van der Waals surface area (Å²) in [5.41, 5.74) is 15.3. The Morgan fingerprint density at radius 2 is 0.953 bits per heavy atom. The summed E-state index contributed by atoms with van der Waals surface area (Å²) in [5.74, 6) is -16.8. The van der Waals surface area contributed by atoms with E-state index in [9.17, 15) is 82.4 Å². The number of carboxylic acid groups (broad SMARTS) is 1. The van der Waals surface area contributed by atoms with Crippen LogP contribution in [0.3, 0.4) is 0 Å². The van der Waals surface area contributed by atoms with Crippen molar-refractivity contribution in [1.82, 2.24) is 89.4 Å². The molecule has 127 heavy (non-hydrogen) atoms. The van der Waals surface area contributed by atoms with Crippen LogP contribution in [0.5, 0.6) is 5.75 Å². The highest BCUT2D eigenvalue weighted by molar-refractivity contribution is 7.80. The SMILES string of the molecule is CC(=O)N[C@@H](CS)C(=O)N[C@@H](C)C(=O)N[C@@H](CC(=O)O)C(=O)N[C@@H](Cc1c[nH]c2ccccc12)C(=O)N[C@H](C(=O)N[C@@H](CS)C(=O)N[C@@H](Cc1ccc(O)cc1)C(=O)N[C@@H](Cc1ccc(-c2ccccc2)cc1)C(=O)N[C@@H](Cc1cnc[nH]1)C(=O)N[C@H](C(=O)N[C@@H](Cc1ccccc1)C(=O)NCC(=O)NCCOCC(=O)N[C@H](CCCCN)C(N)=O)[C@@H](C)O)C(C)C. The summed E-state index contributed by atoms with van der Waals surface area (Å²) in [5, 5.41) is 67.8. The molecule has 39 nitrogen and oxygen atoms in total. The molecule has 7 aromatic rings. The van der Waals surface area contributed by atoms with E-state index in [-0.39, 0.29) is 68.9 Å². The number of carbonyl (C=O) groups is 16. The van der Waals surface area contributed by atoms with Crippen LogP contribution in [0.4, 0.5) is 0 Å². The van der Waals surface area contributed by atoms with Crippen LogP contribution in [0, 0.1) is 5.92 Å². The number of ether oxygens (including phenoxy) is 1. The third-order valence-electron chi connectivity index (χ3n) is 20.0. The summed E-state index contributed by atoms with van der Waals surface area (Å²) in [4.78, 5) is 231. The molecular formula is C86H111N19O20S2. The predicted molar refractivity (Wildman–Crippen MR) is 472 cm³/mol. The third kappa shape index (κ3) is 33.3. The van der Waals surface area contributed by atoms with Gasteiger partial charge in [-0.05, 0) is 97.2 Å². The number of nitrogens with one attached hydrogen (secondary N) is 16. The number of aliphatic hydroxyl groups excluding tert-OH is 1. The van der Waals surface area contributed by atoms with E-state index < -0.39 is 204 Å². The molecule has 0 unspecified atom stereocenters. The van der Waals surface area contributed by atoms with E-state index in [1.165, 1.54) is 50.6 Å². The number of aliphatic hydroxyl groups is 1. The Morgan fingerprint density at radius 3 is 1.51 bits per heavy atom. The normalized spacial score (nSPS) is 14.2. The fourth-order valence-corrected chi connectivity index (χ4v) is 13.7. The molecule has 0 saturated heterocycles. The Hall–Kier alpha value is -13.2. The Balaban J connectivity index is 1.11. The number of benzene rings is 5. The number of unbranched alkanes of at least 4 members (excludes halogenated alkanes) is 1. The topological polar surface area (TPSA) is 608 Å². The predicted octanol–water partition coefficient (Wildman–Crippen LogP) is -2.13. The Kier molecular flexibility index (Phi) is 40.7. The van der Waals surface area contributed by atoms with Gasteiger partial charge < -0.3 is 116 Å². The number of para-hydroxylation sites is 1. The largest absolute Gasteiger partial charge is 0.508 e. The molecule has 0 aliphatic rings. The fraction of sp³-hybridized carbons (Fsp3) is 0.407.